The minimum Gasteiger partial charge on any atom is -0.467 e. The van der Waals surface area contributed by atoms with Gasteiger partial charge in [0.15, 0.2) is 6.10 Å². The van der Waals surface area contributed by atoms with E-state index in [4.69, 9.17) is 0 Å². The van der Waals surface area contributed by atoms with Crippen molar-refractivity contribution in [2.24, 2.45) is 0 Å². The first-order chi connectivity index (χ1) is 9.22. The lowest BCUT2D eigenvalue weighted by molar-refractivity contribution is -0.156. The lowest BCUT2D eigenvalue weighted by Gasteiger charge is -2.19. The molecule has 0 radical (unpaired) electrons. The van der Waals surface area contributed by atoms with Crippen LogP contribution in [0.5, 0.6) is 0 Å². The second-order valence-corrected chi connectivity index (χ2v) is 3.87. The van der Waals surface area contributed by atoms with Crippen molar-refractivity contribution >= 4 is 12.3 Å². The van der Waals surface area contributed by atoms with Crippen LogP contribution in [0.25, 0.3) is 0 Å². The molecule has 0 aliphatic rings. The highest BCUT2D eigenvalue weighted by atomic mass is 19.4. The number of methoxy groups -OCH3 is 1. The molecule has 0 bridgehead atoms. The van der Waals surface area contributed by atoms with Crippen LogP contribution in [-0.4, -0.2) is 35.7 Å². The number of carbonyl (C=O) groups excluding carboxylic acids is 2. The first-order valence-corrected chi connectivity index (χ1v) is 5.32. The predicted molar refractivity (Wildman–Crippen MR) is 59.8 cm³/mol. The van der Waals surface area contributed by atoms with E-state index < -0.39 is 35.5 Å². The van der Waals surface area contributed by atoms with Gasteiger partial charge in [-0.1, -0.05) is 6.07 Å². The van der Waals surface area contributed by atoms with E-state index in [0.717, 1.165) is 13.2 Å². The summed E-state index contributed by atoms with van der Waals surface area (Å²) in [6, 6.07) is 2.00. The zero-order chi connectivity index (χ0) is 15.5. The number of halogens is 3. The standard InChI is InChI=1S/C12H11F3O5/c1-20-11(19)10(18)9(17)8-4-7(12(13,14)15)3-2-6(8)5-16/h2-5,9-10,17-18H,1H3. The zero-order valence-corrected chi connectivity index (χ0v) is 10.2. The van der Waals surface area contributed by atoms with Crippen LogP contribution in [-0.2, 0) is 15.7 Å². The van der Waals surface area contributed by atoms with Gasteiger partial charge >= 0.3 is 12.1 Å². The number of benzene rings is 1. The Morgan fingerprint density at radius 2 is 1.95 bits per heavy atom. The molecule has 0 heterocycles. The number of aliphatic hydroxyl groups is 2. The Kier molecular flexibility index (Phi) is 4.85. The third-order valence-electron chi connectivity index (χ3n) is 2.60. The van der Waals surface area contributed by atoms with Crippen molar-refractivity contribution in [1.29, 1.82) is 0 Å². The van der Waals surface area contributed by atoms with E-state index >= 15 is 0 Å². The second-order valence-electron chi connectivity index (χ2n) is 3.87. The fraction of sp³-hybridized carbons (Fsp3) is 0.333. The fourth-order valence-corrected chi connectivity index (χ4v) is 1.53. The maximum Gasteiger partial charge on any atom is 0.416 e. The molecule has 0 aliphatic carbocycles. The molecule has 1 rings (SSSR count). The van der Waals surface area contributed by atoms with Crippen LogP contribution in [0.3, 0.4) is 0 Å². The van der Waals surface area contributed by atoms with Gasteiger partial charge < -0.3 is 14.9 Å². The van der Waals surface area contributed by atoms with Gasteiger partial charge in [-0.2, -0.15) is 13.2 Å². The molecule has 0 amide bonds. The average molecular weight is 292 g/mol. The van der Waals surface area contributed by atoms with E-state index in [2.05, 4.69) is 4.74 Å². The number of ether oxygens (including phenoxy) is 1. The molecule has 2 atom stereocenters. The SMILES string of the molecule is COC(=O)C(O)C(O)c1cc(C(F)(F)F)ccc1C=O. The smallest absolute Gasteiger partial charge is 0.416 e. The Balaban J connectivity index is 3.27. The summed E-state index contributed by atoms with van der Waals surface area (Å²) in [4.78, 5) is 21.8. The Morgan fingerprint density at radius 1 is 1.35 bits per heavy atom. The van der Waals surface area contributed by atoms with Crippen LogP contribution in [0, 0.1) is 0 Å². The molecular weight excluding hydrogens is 281 g/mol. The summed E-state index contributed by atoms with van der Waals surface area (Å²) in [5.41, 5.74) is -1.89. The topological polar surface area (TPSA) is 83.8 Å². The van der Waals surface area contributed by atoms with Crippen LogP contribution in [0.2, 0.25) is 0 Å². The van der Waals surface area contributed by atoms with Crippen LogP contribution < -0.4 is 0 Å². The number of aldehydes is 1. The predicted octanol–water partition coefficient (Wildman–Crippen LogP) is 1.09. The Bertz CT molecular complexity index is 512. The number of esters is 1. The number of hydrogen-bond donors (Lipinski definition) is 2. The molecule has 20 heavy (non-hydrogen) atoms. The number of hydrogen-bond acceptors (Lipinski definition) is 5. The van der Waals surface area contributed by atoms with Gasteiger partial charge in [-0.25, -0.2) is 4.79 Å². The van der Waals surface area contributed by atoms with E-state index in [1.807, 2.05) is 0 Å². The minimum atomic E-state index is -4.69. The highest BCUT2D eigenvalue weighted by molar-refractivity contribution is 5.80. The zero-order valence-electron chi connectivity index (χ0n) is 10.2. The largest absolute Gasteiger partial charge is 0.467 e. The minimum absolute atomic E-state index is 0.211. The highest BCUT2D eigenvalue weighted by Crippen LogP contribution is 2.32. The molecule has 0 fully saturated rings. The van der Waals surface area contributed by atoms with Crippen molar-refractivity contribution in [3.8, 4) is 0 Å². The van der Waals surface area contributed by atoms with Gasteiger partial charge in [-0.05, 0) is 17.7 Å². The van der Waals surface area contributed by atoms with E-state index in [9.17, 15) is 33.0 Å². The van der Waals surface area contributed by atoms with Crippen LogP contribution in [0.4, 0.5) is 13.2 Å². The van der Waals surface area contributed by atoms with E-state index in [0.29, 0.717) is 12.1 Å². The maximum atomic E-state index is 12.6. The Hall–Kier alpha value is -1.93. The molecule has 2 N–H and O–H groups in total. The van der Waals surface area contributed by atoms with E-state index in [1.165, 1.54) is 0 Å². The number of rotatable bonds is 4. The lowest BCUT2D eigenvalue weighted by atomic mass is 9.96. The summed E-state index contributed by atoms with van der Waals surface area (Å²) in [5.74, 6) is -1.23. The van der Waals surface area contributed by atoms with Crippen molar-refractivity contribution in [2.75, 3.05) is 7.11 Å². The van der Waals surface area contributed by atoms with Crippen molar-refractivity contribution in [3.05, 3.63) is 34.9 Å². The van der Waals surface area contributed by atoms with Gasteiger partial charge in [0.05, 0.1) is 12.7 Å². The third-order valence-corrected chi connectivity index (χ3v) is 2.60. The van der Waals surface area contributed by atoms with Gasteiger partial charge in [-0.3, -0.25) is 4.79 Å². The van der Waals surface area contributed by atoms with E-state index in [1.54, 1.807) is 0 Å². The summed E-state index contributed by atoms with van der Waals surface area (Å²) in [6.45, 7) is 0. The van der Waals surface area contributed by atoms with Crippen LogP contribution in [0.1, 0.15) is 27.6 Å². The molecule has 2 unspecified atom stereocenters. The Labute approximate surface area is 111 Å². The molecule has 0 spiro atoms. The molecule has 0 saturated carbocycles. The summed E-state index contributed by atoms with van der Waals surface area (Å²) in [6.07, 6.45) is -8.58. The number of alkyl halides is 3. The highest BCUT2D eigenvalue weighted by Gasteiger charge is 2.34. The molecule has 110 valence electrons. The van der Waals surface area contributed by atoms with Gasteiger partial charge in [0.25, 0.3) is 0 Å². The van der Waals surface area contributed by atoms with Crippen LogP contribution in [0.15, 0.2) is 18.2 Å². The second kappa shape index (κ2) is 6.02. The lowest BCUT2D eigenvalue weighted by Crippen LogP contribution is -2.29. The monoisotopic (exact) mass is 292 g/mol. The normalized spacial score (nSPS) is 14.5. The quantitative estimate of drug-likeness (QED) is 0.641. The Morgan fingerprint density at radius 3 is 2.40 bits per heavy atom. The molecule has 0 aromatic heterocycles. The molecule has 8 heteroatoms. The average Bonchev–Trinajstić information content (AvgIpc) is 2.43. The molecule has 1 aromatic rings. The molecular formula is C12H11F3O5. The van der Waals surface area contributed by atoms with Crippen molar-refractivity contribution < 1.29 is 37.7 Å². The van der Waals surface area contributed by atoms with Gasteiger partial charge in [-0.15, -0.1) is 0 Å². The molecule has 0 saturated heterocycles. The van der Waals surface area contributed by atoms with Gasteiger partial charge in [0.2, 0.25) is 0 Å². The summed E-state index contributed by atoms with van der Waals surface area (Å²) in [5, 5.41) is 19.1. The van der Waals surface area contributed by atoms with Crippen molar-refractivity contribution in [2.45, 2.75) is 18.4 Å². The van der Waals surface area contributed by atoms with Crippen molar-refractivity contribution in [3.63, 3.8) is 0 Å². The molecule has 1 aromatic carbocycles. The molecule has 5 nitrogen and oxygen atoms in total. The summed E-state index contributed by atoms with van der Waals surface area (Å²) < 4.78 is 41.9. The molecule has 0 aliphatic heterocycles. The van der Waals surface area contributed by atoms with Gasteiger partial charge in [0, 0.05) is 5.56 Å². The first kappa shape index (κ1) is 16.1. The maximum absolute atomic E-state index is 12.6. The third kappa shape index (κ3) is 3.34. The van der Waals surface area contributed by atoms with Crippen molar-refractivity contribution in [1.82, 2.24) is 0 Å². The van der Waals surface area contributed by atoms with E-state index in [-0.39, 0.29) is 11.8 Å². The first-order valence-electron chi connectivity index (χ1n) is 5.32. The summed E-state index contributed by atoms with van der Waals surface area (Å²) >= 11 is 0. The van der Waals surface area contributed by atoms with Crippen LogP contribution >= 0.6 is 0 Å². The number of carbonyl (C=O) groups is 2. The fourth-order valence-electron chi connectivity index (χ4n) is 1.53. The summed E-state index contributed by atoms with van der Waals surface area (Å²) in [7, 11) is 0.936. The number of aliphatic hydroxyl groups excluding tert-OH is 2. The van der Waals surface area contributed by atoms with Gasteiger partial charge in [0.1, 0.15) is 12.4 Å².